The summed E-state index contributed by atoms with van der Waals surface area (Å²) in [5.41, 5.74) is 4.01. The number of benzene rings is 3. The second-order valence-corrected chi connectivity index (χ2v) is 7.84. The van der Waals surface area contributed by atoms with Gasteiger partial charge in [-0.1, -0.05) is 18.2 Å². The number of hydrazone groups is 1. The molecule has 0 saturated carbocycles. The highest BCUT2D eigenvalue weighted by Crippen LogP contribution is 2.48. The van der Waals surface area contributed by atoms with Crippen molar-refractivity contribution in [2.75, 3.05) is 28.4 Å². The first kappa shape index (κ1) is 21.0. The van der Waals surface area contributed by atoms with Gasteiger partial charge in [0.15, 0.2) is 23.0 Å². The van der Waals surface area contributed by atoms with Crippen LogP contribution in [0.25, 0.3) is 0 Å². The fourth-order valence-corrected chi connectivity index (χ4v) is 4.45. The van der Waals surface area contributed by atoms with Crippen molar-refractivity contribution in [1.82, 2.24) is 5.01 Å². The van der Waals surface area contributed by atoms with E-state index in [0.717, 1.165) is 34.6 Å². The lowest BCUT2D eigenvalue weighted by Crippen LogP contribution is -2.33. The number of hydrogen-bond donors (Lipinski definition) is 0. The Labute approximate surface area is 193 Å². The van der Waals surface area contributed by atoms with Crippen LogP contribution in [-0.4, -0.2) is 39.2 Å². The van der Waals surface area contributed by atoms with Crippen LogP contribution in [0.4, 0.5) is 0 Å². The molecule has 7 heteroatoms. The van der Waals surface area contributed by atoms with Crippen LogP contribution < -0.4 is 23.7 Å². The van der Waals surface area contributed by atoms with Crippen molar-refractivity contribution >= 4 is 5.71 Å². The molecular formula is C26H26N2O5. The zero-order valence-electron chi connectivity index (χ0n) is 19.1. The van der Waals surface area contributed by atoms with Gasteiger partial charge in [0.05, 0.1) is 40.2 Å². The van der Waals surface area contributed by atoms with Crippen LogP contribution in [0.15, 0.2) is 65.8 Å². The maximum atomic E-state index is 6.45. The van der Waals surface area contributed by atoms with Gasteiger partial charge in [0.25, 0.3) is 0 Å². The molecule has 0 unspecified atom stereocenters. The number of fused-ring (bicyclic) bond motifs is 3. The lowest BCUT2D eigenvalue weighted by molar-refractivity contribution is -0.0191. The van der Waals surface area contributed by atoms with Gasteiger partial charge in [-0.05, 0) is 42.5 Å². The number of methoxy groups -OCH3 is 4. The summed E-state index contributed by atoms with van der Waals surface area (Å²) in [6.07, 6.45) is 0.349. The molecule has 2 atom stereocenters. The Kier molecular flexibility index (Phi) is 5.46. The van der Waals surface area contributed by atoms with Crippen LogP contribution in [0, 0.1) is 0 Å². The molecule has 2 heterocycles. The topological polar surface area (TPSA) is 61.8 Å². The largest absolute Gasteiger partial charge is 0.493 e. The zero-order valence-corrected chi connectivity index (χ0v) is 19.1. The molecule has 0 spiro atoms. The second-order valence-electron chi connectivity index (χ2n) is 7.84. The van der Waals surface area contributed by atoms with Crippen molar-refractivity contribution in [3.63, 3.8) is 0 Å². The van der Waals surface area contributed by atoms with Gasteiger partial charge in [-0.2, -0.15) is 5.10 Å². The highest BCUT2D eigenvalue weighted by molar-refractivity contribution is 6.02. The summed E-state index contributed by atoms with van der Waals surface area (Å²) in [5, 5.41) is 7.06. The molecule has 0 bridgehead atoms. The molecule has 0 aromatic heterocycles. The molecule has 3 aromatic rings. The van der Waals surface area contributed by atoms with Crippen molar-refractivity contribution in [2.24, 2.45) is 5.10 Å². The van der Waals surface area contributed by atoms with Crippen molar-refractivity contribution in [2.45, 2.75) is 18.7 Å². The van der Waals surface area contributed by atoms with E-state index in [0.29, 0.717) is 23.0 Å². The van der Waals surface area contributed by atoms with E-state index < -0.39 is 6.23 Å². The first-order valence-corrected chi connectivity index (χ1v) is 10.7. The minimum atomic E-state index is -0.401. The van der Waals surface area contributed by atoms with Crippen LogP contribution in [0.2, 0.25) is 0 Å². The smallest absolute Gasteiger partial charge is 0.214 e. The number of nitrogens with zero attached hydrogens (tertiary/aromatic N) is 2. The molecule has 0 N–H and O–H groups in total. The monoisotopic (exact) mass is 446 g/mol. The Morgan fingerprint density at radius 2 is 1.45 bits per heavy atom. The number of ether oxygens (including phenoxy) is 5. The van der Waals surface area contributed by atoms with E-state index in [-0.39, 0.29) is 6.04 Å². The van der Waals surface area contributed by atoms with Gasteiger partial charge in [-0.25, -0.2) is 5.01 Å². The van der Waals surface area contributed by atoms with Crippen LogP contribution in [0.3, 0.4) is 0 Å². The maximum absolute atomic E-state index is 6.45. The van der Waals surface area contributed by atoms with E-state index in [1.54, 1.807) is 28.4 Å². The van der Waals surface area contributed by atoms with Gasteiger partial charge >= 0.3 is 0 Å². The van der Waals surface area contributed by atoms with Crippen molar-refractivity contribution in [1.29, 1.82) is 0 Å². The molecule has 2 aliphatic rings. The van der Waals surface area contributed by atoms with Crippen molar-refractivity contribution < 1.29 is 23.7 Å². The van der Waals surface area contributed by atoms with Crippen LogP contribution in [0.1, 0.15) is 35.4 Å². The minimum absolute atomic E-state index is 0.0520. The third-order valence-electron chi connectivity index (χ3n) is 6.11. The fraction of sp³-hybridized carbons (Fsp3) is 0.269. The van der Waals surface area contributed by atoms with Gasteiger partial charge in [0.1, 0.15) is 5.75 Å². The summed E-state index contributed by atoms with van der Waals surface area (Å²) >= 11 is 0. The summed E-state index contributed by atoms with van der Waals surface area (Å²) in [6.45, 7) is 0. The van der Waals surface area contributed by atoms with E-state index >= 15 is 0 Å². The molecule has 0 saturated heterocycles. The quantitative estimate of drug-likeness (QED) is 0.533. The fourth-order valence-electron chi connectivity index (χ4n) is 4.45. The molecule has 7 nitrogen and oxygen atoms in total. The molecule has 3 aromatic carbocycles. The molecule has 0 aliphatic carbocycles. The van der Waals surface area contributed by atoms with Crippen LogP contribution in [-0.2, 0) is 0 Å². The Hall–Kier alpha value is -3.87. The Morgan fingerprint density at radius 3 is 2.18 bits per heavy atom. The minimum Gasteiger partial charge on any atom is -0.493 e. The molecule has 0 fully saturated rings. The molecule has 170 valence electrons. The average molecular weight is 447 g/mol. The maximum Gasteiger partial charge on any atom is 0.214 e. The molecule has 0 radical (unpaired) electrons. The SMILES string of the molecule is COc1ccc(C2=NN3[C@H](C2)c2ccccc2O[C@H]3c2ccc(OC)c(OC)c2)cc1OC. The van der Waals surface area contributed by atoms with Crippen LogP contribution in [0.5, 0.6) is 28.7 Å². The lowest BCUT2D eigenvalue weighted by atomic mass is 9.95. The highest BCUT2D eigenvalue weighted by Gasteiger charge is 2.41. The van der Waals surface area contributed by atoms with Gasteiger partial charge in [-0.3, -0.25) is 0 Å². The lowest BCUT2D eigenvalue weighted by Gasteiger charge is -2.38. The average Bonchev–Trinajstić information content (AvgIpc) is 3.33. The summed E-state index contributed by atoms with van der Waals surface area (Å²) in [6, 6.07) is 19.9. The molecular weight excluding hydrogens is 420 g/mol. The molecule has 5 rings (SSSR count). The standard InChI is InChI=1S/C26H26N2O5/c1-29-22-11-9-16(13-24(22)31-3)19-15-20-18-7-5-6-8-21(18)33-26(28(20)27-19)17-10-12-23(30-2)25(14-17)32-4/h5-14,20,26H,15H2,1-4H3/t20-,26+/m1/s1. The Bertz CT molecular complexity index is 1210. The third kappa shape index (κ3) is 3.59. The second kappa shape index (κ2) is 8.58. The van der Waals surface area contributed by atoms with E-state index in [1.807, 2.05) is 59.6 Å². The summed E-state index contributed by atoms with van der Waals surface area (Å²) in [4.78, 5) is 0. The van der Waals surface area contributed by atoms with Gasteiger partial charge in [0, 0.05) is 23.1 Å². The Morgan fingerprint density at radius 1 is 0.788 bits per heavy atom. The number of rotatable bonds is 6. The van der Waals surface area contributed by atoms with Gasteiger partial charge in [-0.15, -0.1) is 0 Å². The van der Waals surface area contributed by atoms with Gasteiger partial charge < -0.3 is 23.7 Å². The van der Waals surface area contributed by atoms with E-state index in [2.05, 4.69) is 6.07 Å². The Balaban J connectivity index is 1.57. The normalized spacial score (nSPS) is 18.5. The third-order valence-corrected chi connectivity index (χ3v) is 6.11. The highest BCUT2D eigenvalue weighted by atomic mass is 16.5. The molecule has 33 heavy (non-hydrogen) atoms. The van der Waals surface area contributed by atoms with Crippen molar-refractivity contribution in [3.05, 3.63) is 77.4 Å². The molecule has 0 amide bonds. The summed E-state index contributed by atoms with van der Waals surface area (Å²) < 4.78 is 28.3. The van der Waals surface area contributed by atoms with E-state index in [4.69, 9.17) is 28.8 Å². The van der Waals surface area contributed by atoms with Crippen molar-refractivity contribution in [3.8, 4) is 28.7 Å². The zero-order chi connectivity index (χ0) is 22.9. The summed E-state index contributed by atoms with van der Waals surface area (Å²) in [5.74, 6) is 3.55. The van der Waals surface area contributed by atoms with E-state index in [1.165, 1.54) is 0 Å². The predicted octanol–water partition coefficient (Wildman–Crippen LogP) is 4.96. The van der Waals surface area contributed by atoms with E-state index in [9.17, 15) is 0 Å². The molecule has 2 aliphatic heterocycles. The first-order valence-electron chi connectivity index (χ1n) is 10.7. The summed E-state index contributed by atoms with van der Waals surface area (Å²) in [7, 11) is 6.52. The first-order chi connectivity index (χ1) is 16.2. The number of hydrogen-bond acceptors (Lipinski definition) is 7. The van der Waals surface area contributed by atoms with Gasteiger partial charge in [0.2, 0.25) is 6.23 Å². The van der Waals surface area contributed by atoms with Crippen LogP contribution >= 0.6 is 0 Å². The number of para-hydroxylation sites is 1. The predicted molar refractivity (Wildman–Crippen MR) is 125 cm³/mol.